The van der Waals surface area contributed by atoms with Crippen molar-refractivity contribution in [2.45, 2.75) is 6.42 Å². The zero-order chi connectivity index (χ0) is 13.4. The Morgan fingerprint density at radius 3 is 3.00 bits per heavy atom. The molecule has 98 valence electrons. The summed E-state index contributed by atoms with van der Waals surface area (Å²) < 4.78 is 0.943. The van der Waals surface area contributed by atoms with E-state index in [0.29, 0.717) is 25.3 Å². The summed E-state index contributed by atoms with van der Waals surface area (Å²) in [5.74, 6) is 0.965. The van der Waals surface area contributed by atoms with Crippen LogP contribution in [0.3, 0.4) is 0 Å². The largest absolute Gasteiger partial charge is 0.330 e. The number of aromatic nitrogens is 2. The number of anilines is 1. The molecular formula is C13H13BrN4O. The summed E-state index contributed by atoms with van der Waals surface area (Å²) in [6.45, 7) is 1.16. The summed E-state index contributed by atoms with van der Waals surface area (Å²) >= 11 is 3.44. The number of rotatable bonds is 2. The highest BCUT2D eigenvalue weighted by Crippen LogP contribution is 2.30. The summed E-state index contributed by atoms with van der Waals surface area (Å²) in [5, 5.41) is 0.878. The fourth-order valence-electron chi connectivity index (χ4n) is 2.37. The molecule has 0 saturated carbocycles. The van der Waals surface area contributed by atoms with Gasteiger partial charge in [-0.2, -0.15) is 0 Å². The molecule has 0 spiro atoms. The van der Waals surface area contributed by atoms with Crippen LogP contribution in [0.2, 0.25) is 0 Å². The van der Waals surface area contributed by atoms with Gasteiger partial charge >= 0.3 is 0 Å². The lowest BCUT2D eigenvalue weighted by Crippen LogP contribution is -2.26. The van der Waals surface area contributed by atoms with Crippen LogP contribution in [0.25, 0.3) is 10.9 Å². The lowest BCUT2D eigenvalue weighted by atomic mass is 10.1. The van der Waals surface area contributed by atoms with E-state index in [1.54, 1.807) is 4.90 Å². The van der Waals surface area contributed by atoms with E-state index in [9.17, 15) is 4.79 Å². The van der Waals surface area contributed by atoms with E-state index in [1.165, 1.54) is 6.33 Å². The number of halogens is 1. The molecule has 2 aromatic rings. The molecule has 2 heterocycles. The first kappa shape index (κ1) is 12.5. The van der Waals surface area contributed by atoms with E-state index in [-0.39, 0.29) is 11.8 Å². The van der Waals surface area contributed by atoms with Gasteiger partial charge in [-0.25, -0.2) is 9.97 Å². The molecule has 1 aliphatic rings. The highest BCUT2D eigenvalue weighted by molar-refractivity contribution is 9.10. The van der Waals surface area contributed by atoms with Crippen LogP contribution in [-0.4, -0.2) is 29.0 Å². The number of nitrogens with two attached hydrogens (primary N) is 1. The molecule has 1 atom stereocenters. The first-order valence-electron chi connectivity index (χ1n) is 6.09. The van der Waals surface area contributed by atoms with E-state index < -0.39 is 0 Å². The summed E-state index contributed by atoms with van der Waals surface area (Å²) in [6, 6.07) is 5.77. The highest BCUT2D eigenvalue weighted by Gasteiger charge is 2.31. The predicted molar refractivity (Wildman–Crippen MR) is 76.8 cm³/mol. The van der Waals surface area contributed by atoms with Crippen molar-refractivity contribution in [1.29, 1.82) is 0 Å². The van der Waals surface area contributed by atoms with Crippen LogP contribution in [0.1, 0.15) is 6.42 Å². The van der Waals surface area contributed by atoms with Gasteiger partial charge in [0.05, 0.1) is 5.52 Å². The maximum absolute atomic E-state index is 12.1. The maximum atomic E-state index is 12.1. The fraction of sp³-hybridized carbons (Fsp3) is 0.308. The molecule has 1 fully saturated rings. The van der Waals surface area contributed by atoms with Gasteiger partial charge in [0.15, 0.2) is 0 Å². The molecule has 1 aliphatic heterocycles. The quantitative estimate of drug-likeness (QED) is 0.914. The van der Waals surface area contributed by atoms with Crippen LogP contribution >= 0.6 is 15.9 Å². The molecule has 1 amide bonds. The van der Waals surface area contributed by atoms with E-state index in [2.05, 4.69) is 25.9 Å². The third-order valence-electron chi connectivity index (χ3n) is 3.37. The second kappa shape index (κ2) is 4.86. The minimum Gasteiger partial charge on any atom is -0.330 e. The minimum atomic E-state index is 0.0791. The average Bonchev–Trinajstić information content (AvgIpc) is 2.79. The van der Waals surface area contributed by atoms with Crippen molar-refractivity contribution in [3.05, 3.63) is 29.0 Å². The summed E-state index contributed by atoms with van der Waals surface area (Å²) in [6.07, 6.45) is 1.99. The van der Waals surface area contributed by atoms with Gasteiger partial charge in [-0.3, -0.25) is 9.69 Å². The number of hydrogen-bond donors (Lipinski definition) is 1. The number of fused-ring (bicyclic) bond motifs is 1. The zero-order valence-corrected chi connectivity index (χ0v) is 11.8. The van der Waals surface area contributed by atoms with E-state index in [4.69, 9.17) is 5.73 Å². The molecule has 3 rings (SSSR count). The Bertz CT molecular complexity index is 646. The number of amides is 1. The monoisotopic (exact) mass is 320 g/mol. The smallest absolute Gasteiger partial charge is 0.228 e. The normalized spacial score (nSPS) is 19.4. The fourth-order valence-corrected chi connectivity index (χ4v) is 2.74. The Hall–Kier alpha value is -1.53. The van der Waals surface area contributed by atoms with E-state index >= 15 is 0 Å². The predicted octanol–water partition coefficient (Wildman–Crippen LogP) is 1.70. The Balaban J connectivity index is 2.10. The standard InChI is InChI=1S/C13H13BrN4O/c14-9-1-2-11-10(4-9)13(17-7-16-11)18-6-8(5-15)3-12(18)19/h1-2,4,7-8H,3,5-6,15H2. The first-order chi connectivity index (χ1) is 9.19. The van der Waals surface area contributed by atoms with Gasteiger partial charge in [0.2, 0.25) is 5.91 Å². The van der Waals surface area contributed by atoms with Gasteiger partial charge in [-0.1, -0.05) is 15.9 Å². The highest BCUT2D eigenvalue weighted by atomic mass is 79.9. The zero-order valence-electron chi connectivity index (χ0n) is 10.2. The molecule has 5 nitrogen and oxygen atoms in total. The third-order valence-corrected chi connectivity index (χ3v) is 3.86. The van der Waals surface area contributed by atoms with Crippen molar-refractivity contribution >= 4 is 38.6 Å². The van der Waals surface area contributed by atoms with Crippen LogP contribution in [0.4, 0.5) is 5.82 Å². The second-order valence-corrected chi connectivity index (χ2v) is 5.58. The summed E-state index contributed by atoms with van der Waals surface area (Å²) in [4.78, 5) is 22.3. The van der Waals surface area contributed by atoms with E-state index in [1.807, 2.05) is 18.2 Å². The van der Waals surface area contributed by atoms with Gasteiger partial charge < -0.3 is 5.73 Å². The number of carbonyl (C=O) groups is 1. The first-order valence-corrected chi connectivity index (χ1v) is 6.89. The molecular weight excluding hydrogens is 308 g/mol. The lowest BCUT2D eigenvalue weighted by molar-refractivity contribution is -0.117. The molecule has 0 aliphatic carbocycles. The van der Waals surface area contributed by atoms with Crippen LogP contribution in [-0.2, 0) is 4.79 Å². The topological polar surface area (TPSA) is 72.1 Å². The molecule has 6 heteroatoms. The van der Waals surface area contributed by atoms with Crippen molar-refractivity contribution in [1.82, 2.24) is 9.97 Å². The van der Waals surface area contributed by atoms with Gasteiger partial charge in [-0.05, 0) is 30.7 Å². The number of nitrogens with zero attached hydrogens (tertiary/aromatic N) is 3. The Morgan fingerprint density at radius 2 is 2.26 bits per heavy atom. The summed E-state index contributed by atoms with van der Waals surface area (Å²) in [7, 11) is 0. The van der Waals surface area contributed by atoms with Crippen molar-refractivity contribution < 1.29 is 4.79 Å². The number of benzene rings is 1. The van der Waals surface area contributed by atoms with Gasteiger partial charge in [0.25, 0.3) is 0 Å². The van der Waals surface area contributed by atoms with Crippen LogP contribution < -0.4 is 10.6 Å². The van der Waals surface area contributed by atoms with Crippen molar-refractivity contribution in [2.75, 3.05) is 18.0 Å². The van der Waals surface area contributed by atoms with Crippen LogP contribution in [0.15, 0.2) is 29.0 Å². The van der Waals surface area contributed by atoms with Crippen molar-refractivity contribution in [3.8, 4) is 0 Å². The Morgan fingerprint density at radius 1 is 1.42 bits per heavy atom. The Labute approximate surface area is 119 Å². The van der Waals surface area contributed by atoms with Gasteiger partial charge in [0.1, 0.15) is 12.1 Å². The van der Waals surface area contributed by atoms with Crippen LogP contribution in [0.5, 0.6) is 0 Å². The van der Waals surface area contributed by atoms with Crippen molar-refractivity contribution in [2.24, 2.45) is 11.7 Å². The average molecular weight is 321 g/mol. The van der Waals surface area contributed by atoms with Gasteiger partial charge in [-0.15, -0.1) is 0 Å². The van der Waals surface area contributed by atoms with Gasteiger partial charge in [0, 0.05) is 22.8 Å². The summed E-state index contributed by atoms with van der Waals surface area (Å²) in [5.41, 5.74) is 6.48. The second-order valence-electron chi connectivity index (χ2n) is 4.67. The molecule has 0 radical (unpaired) electrons. The molecule has 19 heavy (non-hydrogen) atoms. The molecule has 1 aromatic carbocycles. The lowest BCUT2D eigenvalue weighted by Gasteiger charge is -2.17. The molecule has 1 unspecified atom stereocenters. The van der Waals surface area contributed by atoms with Crippen molar-refractivity contribution in [3.63, 3.8) is 0 Å². The number of hydrogen-bond acceptors (Lipinski definition) is 4. The number of carbonyl (C=O) groups excluding carboxylic acids is 1. The maximum Gasteiger partial charge on any atom is 0.228 e. The molecule has 0 bridgehead atoms. The van der Waals surface area contributed by atoms with Crippen LogP contribution in [0, 0.1) is 5.92 Å². The molecule has 2 N–H and O–H groups in total. The SMILES string of the molecule is NCC1CC(=O)N(c2ncnc3ccc(Br)cc23)C1. The minimum absolute atomic E-state index is 0.0791. The third kappa shape index (κ3) is 2.21. The van der Waals surface area contributed by atoms with E-state index in [0.717, 1.165) is 15.4 Å². The Kier molecular flexibility index (Phi) is 3.20. The molecule has 1 aromatic heterocycles. The molecule has 1 saturated heterocycles.